The largest absolute Gasteiger partial charge is 0.493 e. The number of carbonyl (C=O) groups is 1. The third-order valence-corrected chi connectivity index (χ3v) is 5.41. The molecule has 1 N–H and O–H groups in total. The molecule has 0 spiro atoms. The minimum absolute atomic E-state index is 0.324. The van der Waals surface area contributed by atoms with Crippen molar-refractivity contribution in [2.75, 3.05) is 6.61 Å². The fourth-order valence-electron chi connectivity index (χ4n) is 3.15. The van der Waals surface area contributed by atoms with E-state index in [0.29, 0.717) is 36.0 Å². The maximum absolute atomic E-state index is 10.8. The molecule has 0 unspecified atom stereocenters. The summed E-state index contributed by atoms with van der Waals surface area (Å²) in [5.41, 5.74) is 3.74. The van der Waals surface area contributed by atoms with Crippen molar-refractivity contribution in [2.24, 2.45) is 0 Å². The van der Waals surface area contributed by atoms with Crippen molar-refractivity contribution in [3.63, 3.8) is 0 Å². The number of aliphatic hydroxyl groups is 1. The molecule has 3 aromatic carbocycles. The summed E-state index contributed by atoms with van der Waals surface area (Å²) < 4.78 is 11.6. The van der Waals surface area contributed by atoms with Gasteiger partial charge in [0.25, 0.3) is 0 Å². The average molecular weight is 439 g/mol. The molecule has 0 aliphatic heterocycles. The zero-order chi connectivity index (χ0) is 22.4. The molecule has 0 amide bonds. The van der Waals surface area contributed by atoms with E-state index in [2.05, 4.69) is 0 Å². The SMILES string of the molecule is Cc1cc(OCCC(C)(C)O)ccc1-c1cccc(COc2ccc(C=O)cc2)c1Cl. The molecule has 0 atom stereocenters. The number of rotatable bonds is 9. The first-order valence-electron chi connectivity index (χ1n) is 10.2. The Balaban J connectivity index is 1.73. The number of hydrogen-bond donors (Lipinski definition) is 1. The van der Waals surface area contributed by atoms with Crippen LogP contribution < -0.4 is 9.47 Å². The summed E-state index contributed by atoms with van der Waals surface area (Å²) in [5, 5.41) is 10.5. The fraction of sp³-hybridized carbons (Fsp3) is 0.269. The lowest BCUT2D eigenvalue weighted by Crippen LogP contribution is -2.21. The normalized spacial score (nSPS) is 11.3. The second-order valence-electron chi connectivity index (χ2n) is 8.14. The summed E-state index contributed by atoms with van der Waals surface area (Å²) in [6, 6.07) is 18.8. The van der Waals surface area contributed by atoms with Gasteiger partial charge in [0.1, 0.15) is 24.4 Å². The van der Waals surface area contributed by atoms with Gasteiger partial charge in [-0.05, 0) is 68.3 Å². The van der Waals surface area contributed by atoms with Crippen LogP contribution in [-0.4, -0.2) is 23.6 Å². The molecular formula is C26H27ClO4. The van der Waals surface area contributed by atoms with Crippen LogP contribution in [-0.2, 0) is 6.61 Å². The van der Waals surface area contributed by atoms with Crippen molar-refractivity contribution in [3.05, 3.63) is 82.4 Å². The van der Waals surface area contributed by atoms with Crippen LogP contribution in [0.2, 0.25) is 5.02 Å². The van der Waals surface area contributed by atoms with Crippen molar-refractivity contribution in [1.29, 1.82) is 0 Å². The van der Waals surface area contributed by atoms with E-state index in [9.17, 15) is 9.90 Å². The van der Waals surface area contributed by atoms with E-state index in [-0.39, 0.29) is 0 Å². The van der Waals surface area contributed by atoms with E-state index in [1.165, 1.54) is 0 Å². The maximum Gasteiger partial charge on any atom is 0.150 e. The zero-order valence-electron chi connectivity index (χ0n) is 18.0. The second kappa shape index (κ2) is 9.99. The Hall–Kier alpha value is -2.82. The molecule has 3 aromatic rings. The Morgan fingerprint density at radius 3 is 2.32 bits per heavy atom. The lowest BCUT2D eigenvalue weighted by Gasteiger charge is -2.18. The number of hydrogen-bond acceptors (Lipinski definition) is 4. The summed E-state index contributed by atoms with van der Waals surface area (Å²) in [5.74, 6) is 1.44. The standard InChI is InChI=1S/C26H27ClO4/c1-18-15-22(30-14-13-26(2,3)29)11-12-23(18)24-6-4-5-20(25(24)27)17-31-21-9-7-19(16-28)8-10-21/h4-12,15-16,29H,13-14,17H2,1-3H3. The molecule has 0 bridgehead atoms. The van der Waals surface area contributed by atoms with Gasteiger partial charge in [0, 0.05) is 23.1 Å². The molecule has 4 nitrogen and oxygen atoms in total. The Labute approximate surface area is 188 Å². The van der Waals surface area contributed by atoms with Gasteiger partial charge in [-0.15, -0.1) is 0 Å². The first-order chi connectivity index (χ1) is 14.8. The van der Waals surface area contributed by atoms with Crippen LogP contribution in [0.1, 0.15) is 41.8 Å². The lowest BCUT2D eigenvalue weighted by molar-refractivity contribution is 0.0553. The molecule has 0 radical (unpaired) electrons. The Bertz CT molecular complexity index is 1040. The predicted molar refractivity (Wildman–Crippen MR) is 124 cm³/mol. The number of halogens is 1. The van der Waals surface area contributed by atoms with Crippen molar-refractivity contribution in [1.82, 2.24) is 0 Å². The van der Waals surface area contributed by atoms with Crippen LogP contribution in [0.25, 0.3) is 11.1 Å². The van der Waals surface area contributed by atoms with Gasteiger partial charge in [0.2, 0.25) is 0 Å². The van der Waals surface area contributed by atoms with Crippen molar-refractivity contribution >= 4 is 17.9 Å². The molecule has 31 heavy (non-hydrogen) atoms. The van der Waals surface area contributed by atoms with Crippen LogP contribution in [0.3, 0.4) is 0 Å². The van der Waals surface area contributed by atoms with E-state index in [4.69, 9.17) is 21.1 Å². The van der Waals surface area contributed by atoms with E-state index in [0.717, 1.165) is 34.3 Å². The lowest BCUT2D eigenvalue weighted by atomic mass is 9.98. The highest BCUT2D eigenvalue weighted by atomic mass is 35.5. The van der Waals surface area contributed by atoms with Crippen LogP contribution in [0.4, 0.5) is 0 Å². The summed E-state index contributed by atoms with van der Waals surface area (Å²) in [7, 11) is 0. The second-order valence-corrected chi connectivity index (χ2v) is 8.52. The quantitative estimate of drug-likeness (QED) is 0.401. The van der Waals surface area contributed by atoms with Crippen LogP contribution in [0.5, 0.6) is 11.5 Å². The van der Waals surface area contributed by atoms with Gasteiger partial charge < -0.3 is 14.6 Å². The minimum atomic E-state index is -0.748. The van der Waals surface area contributed by atoms with Crippen molar-refractivity contribution in [3.8, 4) is 22.6 Å². The van der Waals surface area contributed by atoms with Gasteiger partial charge in [-0.1, -0.05) is 35.9 Å². The number of ether oxygens (including phenoxy) is 2. The van der Waals surface area contributed by atoms with E-state index >= 15 is 0 Å². The third-order valence-electron chi connectivity index (χ3n) is 4.96. The Morgan fingerprint density at radius 2 is 1.68 bits per heavy atom. The molecule has 3 rings (SSSR count). The highest BCUT2D eigenvalue weighted by molar-refractivity contribution is 6.34. The number of benzene rings is 3. The van der Waals surface area contributed by atoms with Gasteiger partial charge >= 0.3 is 0 Å². The number of carbonyl (C=O) groups excluding carboxylic acids is 1. The minimum Gasteiger partial charge on any atom is -0.493 e. The molecule has 0 fully saturated rings. The molecule has 0 aliphatic carbocycles. The Morgan fingerprint density at radius 1 is 0.968 bits per heavy atom. The maximum atomic E-state index is 10.8. The molecular weight excluding hydrogens is 412 g/mol. The topological polar surface area (TPSA) is 55.8 Å². The Kier molecular flexibility index (Phi) is 7.37. The van der Waals surface area contributed by atoms with Crippen LogP contribution in [0, 0.1) is 6.92 Å². The molecule has 0 saturated heterocycles. The molecule has 5 heteroatoms. The monoisotopic (exact) mass is 438 g/mol. The van der Waals surface area contributed by atoms with Crippen LogP contribution >= 0.6 is 11.6 Å². The summed E-state index contributed by atoms with van der Waals surface area (Å²) in [4.78, 5) is 10.8. The van der Waals surface area contributed by atoms with E-state index in [1.807, 2.05) is 43.3 Å². The highest BCUT2D eigenvalue weighted by Crippen LogP contribution is 2.35. The van der Waals surface area contributed by atoms with Crippen LogP contribution in [0.15, 0.2) is 60.7 Å². The smallest absolute Gasteiger partial charge is 0.150 e. The first-order valence-corrected chi connectivity index (χ1v) is 10.6. The van der Waals surface area contributed by atoms with Crippen molar-refractivity contribution in [2.45, 2.75) is 39.4 Å². The summed E-state index contributed by atoms with van der Waals surface area (Å²) >= 11 is 6.72. The van der Waals surface area contributed by atoms with Gasteiger partial charge in [-0.2, -0.15) is 0 Å². The molecule has 0 saturated carbocycles. The zero-order valence-corrected chi connectivity index (χ0v) is 18.8. The number of aryl methyl sites for hydroxylation is 1. The fourth-order valence-corrected chi connectivity index (χ4v) is 3.43. The molecule has 162 valence electrons. The van der Waals surface area contributed by atoms with E-state index < -0.39 is 5.60 Å². The molecule has 0 aliphatic rings. The highest BCUT2D eigenvalue weighted by Gasteiger charge is 2.14. The van der Waals surface area contributed by atoms with Crippen molar-refractivity contribution < 1.29 is 19.4 Å². The average Bonchev–Trinajstić information content (AvgIpc) is 2.73. The van der Waals surface area contributed by atoms with Gasteiger partial charge in [-0.25, -0.2) is 0 Å². The summed E-state index contributed by atoms with van der Waals surface area (Å²) in [6.45, 7) is 6.33. The molecule has 0 heterocycles. The summed E-state index contributed by atoms with van der Waals surface area (Å²) in [6.07, 6.45) is 1.36. The number of aldehydes is 1. The van der Waals surface area contributed by atoms with E-state index in [1.54, 1.807) is 38.1 Å². The van der Waals surface area contributed by atoms with Gasteiger partial charge in [-0.3, -0.25) is 4.79 Å². The third kappa shape index (κ3) is 6.33. The van der Waals surface area contributed by atoms with Gasteiger partial charge in [0.05, 0.1) is 17.2 Å². The molecule has 0 aromatic heterocycles. The predicted octanol–water partition coefficient (Wildman–Crippen LogP) is 6.25. The van der Waals surface area contributed by atoms with Gasteiger partial charge in [0.15, 0.2) is 0 Å². The first kappa shape index (κ1) is 22.9.